The van der Waals surface area contributed by atoms with Gasteiger partial charge in [-0.25, -0.2) is 63.7 Å². The van der Waals surface area contributed by atoms with Crippen LogP contribution in [0.2, 0.25) is 0 Å². The lowest BCUT2D eigenvalue weighted by Gasteiger charge is -2.36. The second-order valence-corrected chi connectivity index (χ2v) is 30.0. The molecular formula is C88H74F15N21O11S. The number of nitrogens with zero attached hydrogens (tertiary/aromatic N) is 17. The molecule has 10 heterocycles. The van der Waals surface area contributed by atoms with E-state index in [0.717, 1.165) is 27.1 Å². The molecule has 0 atom stereocenters. The van der Waals surface area contributed by atoms with E-state index >= 15 is 0 Å². The minimum Gasteiger partial charge on any atom is -0.497 e. The fourth-order valence-corrected chi connectivity index (χ4v) is 14.4. The van der Waals surface area contributed by atoms with Crippen LogP contribution in [0.1, 0.15) is 22.3 Å². The molecule has 4 N–H and O–H groups in total. The van der Waals surface area contributed by atoms with Gasteiger partial charge in [-0.05, 0) is 193 Å². The number of aromatic nitrogens is 9. The number of thiophene rings is 1. The van der Waals surface area contributed by atoms with Crippen LogP contribution in [0, 0.1) is 0 Å². The molecule has 0 fully saturated rings. The Bertz CT molecular complexity index is 6220. The molecule has 4 aliphatic rings. The second-order valence-electron chi connectivity index (χ2n) is 29.1. The number of nitrogens with one attached hydrogen (secondary N) is 4. The topological polar surface area (TPSA) is 323 Å². The lowest BCUT2D eigenvalue weighted by molar-refractivity contribution is -0.274. The Balaban J connectivity index is 0.000000145. The van der Waals surface area contributed by atoms with Crippen molar-refractivity contribution in [1.29, 1.82) is 0 Å². The minimum absolute atomic E-state index is 0.00812. The fourth-order valence-electron chi connectivity index (χ4n) is 13.7. The monoisotopic (exact) mass is 1920 g/mol. The molecule has 8 amide bonds. The van der Waals surface area contributed by atoms with E-state index in [4.69, 9.17) is 28.4 Å². The SMILES string of the molecule is COc1ccc(N2Cc3cnc(NCC(F)(F)F)nc3N(c3ccc(OC(F)(F)F)cc3)C2=O)cc1.COc1ccc(N2Cc3cnc(NCC(F)(F)F)nc3N(c3ccc(OC)cc3)C2=O)cc1.COc1ccc(N2Cc3cnc(NCC(F)(F)F)nc3N(c3ccc(OC)cn3)C2=O)cc1.COc1ccc(N2Cc3cnc(NCC(F)(F)F)nc3N(c3ccc4sccc4c3)C2=O)cc1. The smallest absolute Gasteiger partial charge is 0.497 e. The van der Waals surface area contributed by atoms with Crippen molar-refractivity contribution in [1.82, 2.24) is 44.9 Å². The molecule has 0 saturated carbocycles. The molecule has 0 spiro atoms. The van der Waals surface area contributed by atoms with E-state index in [-0.39, 0.29) is 90.8 Å². The molecule has 17 rings (SSSR count). The van der Waals surface area contributed by atoms with Gasteiger partial charge in [0.05, 0.1) is 92.1 Å². The highest BCUT2D eigenvalue weighted by atomic mass is 32.1. The lowest BCUT2D eigenvalue weighted by atomic mass is 10.1. The van der Waals surface area contributed by atoms with Crippen molar-refractivity contribution in [2.75, 3.05) is 129 Å². The number of hydrogen-bond acceptors (Lipinski definition) is 25. The second kappa shape index (κ2) is 40.5. The summed E-state index contributed by atoms with van der Waals surface area (Å²) < 4.78 is 225. The summed E-state index contributed by atoms with van der Waals surface area (Å²) in [6.45, 7) is -4.86. The number of benzene rings is 7. The van der Waals surface area contributed by atoms with Crippen LogP contribution in [-0.4, -0.2) is 169 Å². The van der Waals surface area contributed by atoms with Crippen molar-refractivity contribution in [2.24, 2.45) is 0 Å². The summed E-state index contributed by atoms with van der Waals surface area (Å²) in [6.07, 6.45) is -15.8. The molecule has 0 bridgehead atoms. The molecule has 13 aromatic rings. The van der Waals surface area contributed by atoms with Gasteiger partial charge in [0.15, 0.2) is 23.3 Å². The highest BCUT2D eigenvalue weighted by Crippen LogP contribution is 2.44. The number of fused-ring (bicyclic) bond motifs is 5. The number of pyridine rings is 1. The Morgan fingerprint density at radius 2 is 0.566 bits per heavy atom. The van der Waals surface area contributed by atoms with Crippen LogP contribution >= 0.6 is 11.3 Å². The Labute approximate surface area is 765 Å². The first-order valence-corrected chi connectivity index (χ1v) is 40.9. The van der Waals surface area contributed by atoms with Crippen molar-refractivity contribution in [3.63, 3.8) is 0 Å². The number of methoxy groups -OCH3 is 6. The molecule has 0 aliphatic carbocycles. The van der Waals surface area contributed by atoms with E-state index in [9.17, 15) is 85.0 Å². The first-order valence-electron chi connectivity index (χ1n) is 40.0. The zero-order valence-electron chi connectivity index (χ0n) is 71.6. The van der Waals surface area contributed by atoms with Crippen LogP contribution in [0.25, 0.3) is 10.1 Å². The minimum atomic E-state index is -4.91. The number of anilines is 16. The van der Waals surface area contributed by atoms with Crippen LogP contribution in [0.5, 0.6) is 40.2 Å². The first-order chi connectivity index (χ1) is 64.8. The van der Waals surface area contributed by atoms with Gasteiger partial charge in [0.25, 0.3) is 0 Å². The molecular weight excluding hydrogens is 1840 g/mol. The highest BCUT2D eigenvalue weighted by molar-refractivity contribution is 7.17. The molecule has 6 aromatic heterocycles. The Morgan fingerprint density at radius 3 is 0.846 bits per heavy atom. The summed E-state index contributed by atoms with van der Waals surface area (Å²) in [7, 11) is 9.12. The lowest BCUT2D eigenvalue weighted by Crippen LogP contribution is -2.46. The fraction of sp³-hybridized carbons (Fsp3) is 0.216. The van der Waals surface area contributed by atoms with Crippen LogP contribution < -0.4 is 93.6 Å². The predicted molar refractivity (Wildman–Crippen MR) is 472 cm³/mol. The van der Waals surface area contributed by atoms with Gasteiger partial charge in [0.2, 0.25) is 23.8 Å². The van der Waals surface area contributed by atoms with Gasteiger partial charge in [-0.1, -0.05) is 0 Å². The quantitative estimate of drug-likeness (QED) is 0.0432. The van der Waals surface area contributed by atoms with Gasteiger partial charge >= 0.3 is 55.2 Å². The molecule has 0 radical (unpaired) electrons. The van der Waals surface area contributed by atoms with Crippen molar-refractivity contribution < 1.29 is 118 Å². The summed E-state index contributed by atoms with van der Waals surface area (Å²) in [5.41, 5.74) is 5.51. The van der Waals surface area contributed by atoms with Gasteiger partial charge in [-0.2, -0.15) is 72.6 Å². The predicted octanol–water partition coefficient (Wildman–Crippen LogP) is 20.5. The van der Waals surface area contributed by atoms with E-state index in [1.807, 2.05) is 23.6 Å². The van der Waals surface area contributed by atoms with Gasteiger partial charge in [-0.15, -0.1) is 24.5 Å². The maximum absolute atomic E-state index is 13.7. The normalized spacial score (nSPS) is 13.7. The third-order valence-electron chi connectivity index (χ3n) is 20.1. The van der Waals surface area contributed by atoms with Crippen LogP contribution in [-0.2, 0) is 26.2 Å². The highest BCUT2D eigenvalue weighted by Gasteiger charge is 2.42. The number of alkyl halides is 15. The Morgan fingerprint density at radius 1 is 0.301 bits per heavy atom. The summed E-state index contributed by atoms with van der Waals surface area (Å²) >= 11 is 1.57. The summed E-state index contributed by atoms with van der Waals surface area (Å²) in [4.78, 5) is 102. The molecule has 32 nitrogen and oxygen atoms in total. The third kappa shape index (κ3) is 23.4. The molecule has 48 heteroatoms. The maximum Gasteiger partial charge on any atom is 0.573 e. The van der Waals surface area contributed by atoms with Gasteiger partial charge in [0, 0.05) is 74.5 Å². The van der Waals surface area contributed by atoms with Crippen LogP contribution in [0.3, 0.4) is 0 Å². The summed E-state index contributed by atoms with van der Waals surface area (Å²) in [5.74, 6) is 2.74. The number of ether oxygens (including phenoxy) is 7. The first kappa shape index (κ1) is 95.9. The molecule has 0 saturated heterocycles. The number of urea groups is 4. The Kier molecular flexibility index (Phi) is 28.5. The molecule has 7 aromatic carbocycles. The van der Waals surface area contributed by atoms with E-state index in [0.29, 0.717) is 90.9 Å². The largest absolute Gasteiger partial charge is 0.573 e. The molecule has 4 aliphatic heterocycles. The summed E-state index contributed by atoms with van der Waals surface area (Å²) in [6, 6.07) is 47.2. The van der Waals surface area contributed by atoms with E-state index in [2.05, 4.69) is 70.9 Å². The number of hydrogen-bond donors (Lipinski definition) is 4. The zero-order chi connectivity index (χ0) is 97.1. The number of carbonyl (C=O) groups excluding carboxylic acids is 4. The van der Waals surface area contributed by atoms with E-state index < -0.39 is 81.1 Å². The van der Waals surface area contributed by atoms with Crippen LogP contribution in [0.4, 0.5) is 178 Å². The molecule has 708 valence electrons. The maximum atomic E-state index is 13.7. The van der Waals surface area contributed by atoms with Crippen molar-refractivity contribution in [3.8, 4) is 40.2 Å². The average Bonchev–Trinajstić information content (AvgIpc) is 0.980. The molecule has 0 unspecified atom stereocenters. The standard InChI is InChI=1S/C23H18F3N5O2S.C22H17F6N5O3.C22H20F3N5O3.C21H19F3N6O3/c1-33-18-5-2-16(3-6-18)30-12-15-11-27-21(28-13-23(24,25)26)29-20(15)31(22(30)32)17-4-7-19-14(10-17)8-9-34-19;1-35-16-6-2-14(3-7-16)32-11-13-10-29-19(30-12-21(23,24)25)31-18(13)33(20(32)34)15-4-8-17(9-5-15)36-22(26,27)28;1-32-17-7-3-15(4-8-17)29-12-14-11-26-20(27-13-22(23,24)25)28-19(14)30(21(29)31)16-5-9-18(33-2)10-6-16;1-32-15-5-3-14(4-6-15)29-11-13-9-26-19(27-12-21(22,23)24)28-18(13)30(20(29)31)17-8-7-16(33-2)10-25-17/h2-11H,12-13H2,1H3,(H,27,28,29);2-10H,11-12H2,1H3,(H,29,30,31);3-11H,12-13H2,1-2H3,(H,26,27,28);3-10H,11-12H2,1-2H3,(H,26,27,28). The van der Waals surface area contributed by atoms with Crippen LogP contribution in [0.15, 0.2) is 218 Å². The average molecular weight is 1920 g/mol. The van der Waals surface area contributed by atoms with Gasteiger partial charge in [-0.3, -0.25) is 19.6 Å². The number of carbonyl (C=O) groups is 4. The van der Waals surface area contributed by atoms with E-state index in [1.54, 1.807) is 170 Å². The zero-order valence-corrected chi connectivity index (χ0v) is 72.4. The summed E-state index contributed by atoms with van der Waals surface area (Å²) in [5, 5.41) is 11.4. The Hall–Kier alpha value is -16.2. The van der Waals surface area contributed by atoms with E-state index in [1.165, 1.54) is 101 Å². The van der Waals surface area contributed by atoms with Crippen molar-refractivity contribution in [2.45, 2.75) is 57.2 Å². The van der Waals surface area contributed by atoms with Gasteiger partial charge in [0.1, 0.15) is 72.2 Å². The van der Waals surface area contributed by atoms with Crippen molar-refractivity contribution in [3.05, 3.63) is 241 Å². The number of halogens is 15. The molecule has 136 heavy (non-hydrogen) atoms. The van der Waals surface area contributed by atoms with Gasteiger partial charge < -0.3 is 54.4 Å². The number of rotatable bonds is 23. The van der Waals surface area contributed by atoms with Crippen molar-refractivity contribution >= 4 is 138 Å². The third-order valence-corrected chi connectivity index (χ3v) is 21.0. The number of amides is 8.